The Bertz CT molecular complexity index is 182. The SMILES string of the molecule is CCCN(CC(CC)(CC)CO)C(=O)O. The van der Waals surface area contributed by atoms with E-state index in [1.54, 1.807) is 0 Å². The lowest BCUT2D eigenvalue weighted by Gasteiger charge is -2.34. The molecule has 0 aliphatic carbocycles. The quantitative estimate of drug-likeness (QED) is 0.687. The number of amides is 1. The lowest BCUT2D eigenvalue weighted by atomic mass is 9.82. The van der Waals surface area contributed by atoms with Gasteiger partial charge in [-0.05, 0) is 19.3 Å². The topological polar surface area (TPSA) is 60.8 Å². The van der Waals surface area contributed by atoms with E-state index in [-0.39, 0.29) is 12.0 Å². The fraction of sp³-hybridized carbons (Fsp3) is 0.909. The molecular weight excluding hydrogens is 194 g/mol. The number of aliphatic hydroxyl groups excluding tert-OH is 1. The third-order valence-corrected chi connectivity index (χ3v) is 3.13. The second kappa shape index (κ2) is 6.67. The van der Waals surface area contributed by atoms with E-state index >= 15 is 0 Å². The number of nitrogens with zero attached hydrogens (tertiary/aromatic N) is 1. The number of hydrogen-bond donors (Lipinski definition) is 2. The summed E-state index contributed by atoms with van der Waals surface area (Å²) in [4.78, 5) is 12.4. The Morgan fingerprint density at radius 1 is 1.27 bits per heavy atom. The average molecular weight is 217 g/mol. The molecule has 0 rings (SSSR count). The molecule has 0 fully saturated rings. The van der Waals surface area contributed by atoms with Gasteiger partial charge in [-0.15, -0.1) is 0 Å². The summed E-state index contributed by atoms with van der Waals surface area (Å²) in [6, 6.07) is 0. The molecule has 0 aliphatic heterocycles. The summed E-state index contributed by atoms with van der Waals surface area (Å²) < 4.78 is 0. The highest BCUT2D eigenvalue weighted by Crippen LogP contribution is 2.26. The fourth-order valence-electron chi connectivity index (χ4n) is 1.66. The molecule has 2 N–H and O–H groups in total. The molecule has 0 saturated heterocycles. The van der Waals surface area contributed by atoms with Crippen LogP contribution in [0.15, 0.2) is 0 Å². The van der Waals surface area contributed by atoms with E-state index in [1.165, 1.54) is 4.90 Å². The van der Waals surface area contributed by atoms with E-state index in [0.29, 0.717) is 13.1 Å². The number of carbonyl (C=O) groups is 1. The highest BCUT2D eigenvalue weighted by molar-refractivity contribution is 5.64. The van der Waals surface area contributed by atoms with Crippen LogP contribution in [0.2, 0.25) is 0 Å². The molecule has 0 radical (unpaired) electrons. The third kappa shape index (κ3) is 4.08. The average Bonchev–Trinajstić information content (AvgIpc) is 2.24. The maximum absolute atomic E-state index is 11.0. The molecule has 1 amide bonds. The molecule has 90 valence electrons. The lowest BCUT2D eigenvalue weighted by molar-refractivity contribution is 0.0630. The summed E-state index contributed by atoms with van der Waals surface area (Å²) in [6.07, 6.45) is 1.51. The zero-order valence-corrected chi connectivity index (χ0v) is 9.99. The monoisotopic (exact) mass is 217 g/mol. The smallest absolute Gasteiger partial charge is 0.407 e. The van der Waals surface area contributed by atoms with E-state index in [2.05, 4.69) is 0 Å². The maximum atomic E-state index is 11.0. The largest absolute Gasteiger partial charge is 0.465 e. The molecule has 0 aliphatic rings. The van der Waals surface area contributed by atoms with Crippen LogP contribution >= 0.6 is 0 Å². The van der Waals surface area contributed by atoms with Crippen molar-refractivity contribution in [2.24, 2.45) is 5.41 Å². The molecule has 0 aromatic heterocycles. The first-order valence-corrected chi connectivity index (χ1v) is 5.64. The van der Waals surface area contributed by atoms with Crippen molar-refractivity contribution in [1.82, 2.24) is 4.90 Å². The second-order valence-electron chi connectivity index (χ2n) is 4.07. The van der Waals surface area contributed by atoms with E-state index in [4.69, 9.17) is 5.11 Å². The minimum absolute atomic E-state index is 0.0491. The Balaban J connectivity index is 4.52. The number of aliphatic hydroxyl groups is 1. The summed E-state index contributed by atoms with van der Waals surface area (Å²) in [6.45, 7) is 6.95. The summed E-state index contributed by atoms with van der Waals surface area (Å²) in [5.41, 5.74) is -0.270. The molecule has 0 saturated carbocycles. The zero-order valence-electron chi connectivity index (χ0n) is 9.99. The minimum atomic E-state index is -0.892. The van der Waals surface area contributed by atoms with E-state index in [9.17, 15) is 9.90 Å². The molecule has 4 heteroatoms. The minimum Gasteiger partial charge on any atom is -0.465 e. The predicted molar refractivity (Wildman–Crippen MR) is 60.0 cm³/mol. The van der Waals surface area contributed by atoms with Gasteiger partial charge in [0.05, 0.1) is 6.61 Å². The fourth-order valence-corrected chi connectivity index (χ4v) is 1.66. The second-order valence-corrected chi connectivity index (χ2v) is 4.07. The van der Waals surface area contributed by atoms with Crippen LogP contribution in [0.4, 0.5) is 4.79 Å². The van der Waals surface area contributed by atoms with Crippen LogP contribution in [0.3, 0.4) is 0 Å². The molecule has 0 heterocycles. The van der Waals surface area contributed by atoms with Gasteiger partial charge in [-0.25, -0.2) is 4.79 Å². The molecule has 0 unspecified atom stereocenters. The van der Waals surface area contributed by atoms with Crippen molar-refractivity contribution in [3.63, 3.8) is 0 Å². The molecule has 0 spiro atoms. The van der Waals surface area contributed by atoms with Crippen molar-refractivity contribution in [1.29, 1.82) is 0 Å². The molecule has 15 heavy (non-hydrogen) atoms. The van der Waals surface area contributed by atoms with Crippen molar-refractivity contribution in [2.45, 2.75) is 40.0 Å². The molecule has 0 bridgehead atoms. The first kappa shape index (κ1) is 14.2. The third-order valence-electron chi connectivity index (χ3n) is 3.13. The summed E-state index contributed by atoms with van der Waals surface area (Å²) in [5.74, 6) is 0. The Morgan fingerprint density at radius 2 is 1.80 bits per heavy atom. The highest BCUT2D eigenvalue weighted by atomic mass is 16.4. The van der Waals surface area contributed by atoms with E-state index in [0.717, 1.165) is 19.3 Å². The Kier molecular flexibility index (Phi) is 6.32. The maximum Gasteiger partial charge on any atom is 0.407 e. The molecule has 0 aromatic carbocycles. The number of rotatable bonds is 7. The summed E-state index contributed by atoms with van der Waals surface area (Å²) in [7, 11) is 0. The predicted octanol–water partition coefficient (Wildman–Crippen LogP) is 2.18. The normalized spacial score (nSPS) is 11.5. The number of carboxylic acid groups (broad SMARTS) is 1. The first-order chi connectivity index (χ1) is 7.05. The van der Waals surface area contributed by atoms with Gasteiger partial charge in [0.1, 0.15) is 0 Å². The van der Waals surface area contributed by atoms with Gasteiger partial charge in [-0.2, -0.15) is 0 Å². The Hall–Kier alpha value is -0.770. The summed E-state index contributed by atoms with van der Waals surface area (Å²) >= 11 is 0. The van der Waals surface area contributed by atoms with Gasteiger partial charge in [-0.3, -0.25) is 0 Å². The standard InChI is InChI=1S/C11H23NO3/c1-4-7-12(10(14)15)8-11(5-2,6-3)9-13/h13H,4-9H2,1-3H3,(H,14,15). The summed E-state index contributed by atoms with van der Waals surface area (Å²) in [5, 5.41) is 18.4. The van der Waals surface area contributed by atoms with Gasteiger partial charge in [0.25, 0.3) is 0 Å². The Labute approximate surface area is 91.9 Å². The van der Waals surface area contributed by atoms with Crippen molar-refractivity contribution in [3.05, 3.63) is 0 Å². The molecule has 0 aromatic rings. The van der Waals surface area contributed by atoms with Gasteiger partial charge in [0, 0.05) is 18.5 Å². The Morgan fingerprint density at radius 3 is 2.07 bits per heavy atom. The van der Waals surface area contributed by atoms with Crippen LogP contribution in [0, 0.1) is 5.41 Å². The zero-order chi connectivity index (χ0) is 11.9. The van der Waals surface area contributed by atoms with Crippen LogP contribution in [0.5, 0.6) is 0 Å². The molecule has 4 nitrogen and oxygen atoms in total. The van der Waals surface area contributed by atoms with Crippen molar-refractivity contribution in [2.75, 3.05) is 19.7 Å². The highest BCUT2D eigenvalue weighted by Gasteiger charge is 2.29. The van der Waals surface area contributed by atoms with Crippen LogP contribution in [-0.4, -0.2) is 40.9 Å². The molecular formula is C11H23NO3. The number of hydrogen-bond acceptors (Lipinski definition) is 2. The van der Waals surface area contributed by atoms with Gasteiger partial charge in [0.2, 0.25) is 0 Å². The van der Waals surface area contributed by atoms with E-state index in [1.807, 2.05) is 20.8 Å². The van der Waals surface area contributed by atoms with Crippen LogP contribution in [-0.2, 0) is 0 Å². The van der Waals surface area contributed by atoms with E-state index < -0.39 is 6.09 Å². The van der Waals surface area contributed by atoms with Crippen LogP contribution < -0.4 is 0 Å². The first-order valence-electron chi connectivity index (χ1n) is 5.64. The van der Waals surface area contributed by atoms with Crippen LogP contribution in [0.1, 0.15) is 40.0 Å². The lowest BCUT2D eigenvalue weighted by Crippen LogP contribution is -2.42. The van der Waals surface area contributed by atoms with Crippen molar-refractivity contribution >= 4 is 6.09 Å². The van der Waals surface area contributed by atoms with Gasteiger partial charge >= 0.3 is 6.09 Å². The van der Waals surface area contributed by atoms with Gasteiger partial charge < -0.3 is 15.1 Å². The van der Waals surface area contributed by atoms with Gasteiger partial charge in [-0.1, -0.05) is 20.8 Å². The molecule has 0 atom stereocenters. The van der Waals surface area contributed by atoms with Crippen LogP contribution in [0.25, 0.3) is 0 Å². The van der Waals surface area contributed by atoms with Gasteiger partial charge in [0.15, 0.2) is 0 Å². The van der Waals surface area contributed by atoms with Crippen molar-refractivity contribution < 1.29 is 15.0 Å². The van der Waals surface area contributed by atoms with Crippen molar-refractivity contribution in [3.8, 4) is 0 Å².